The van der Waals surface area contributed by atoms with Crippen LogP contribution in [0.1, 0.15) is 60.4 Å². The third kappa shape index (κ3) is 6.76. The van der Waals surface area contributed by atoms with Gasteiger partial charge in [-0.3, -0.25) is 9.69 Å². The van der Waals surface area contributed by atoms with E-state index >= 15 is 0 Å². The Morgan fingerprint density at radius 1 is 1.18 bits per heavy atom. The van der Waals surface area contributed by atoms with Crippen molar-refractivity contribution in [2.75, 3.05) is 60.5 Å². The molecule has 3 heterocycles. The zero-order chi connectivity index (χ0) is 28.3. The Bertz CT molecular complexity index is 1290. The van der Waals surface area contributed by atoms with Gasteiger partial charge in [-0.25, -0.2) is 13.5 Å². The Labute approximate surface area is 235 Å². The molecule has 1 aromatic heterocycles. The lowest BCUT2D eigenvalue weighted by Crippen LogP contribution is -2.47. The molecule has 0 aliphatic carbocycles. The van der Waals surface area contributed by atoms with Crippen molar-refractivity contribution in [1.29, 1.82) is 0 Å². The SMILES string of the molecule is CN(C)CC#Cc1cccc(-c2nc(C(=O)N3CCN(C)CC3)cc3c2[C@@H](CCO)N(S(=O)C(C)(C)C)C3)c1. The van der Waals surface area contributed by atoms with Gasteiger partial charge in [-0.2, -0.15) is 0 Å². The van der Waals surface area contributed by atoms with Gasteiger partial charge in [0.15, 0.2) is 0 Å². The molecule has 0 radical (unpaired) electrons. The molecule has 2 atom stereocenters. The topological polar surface area (TPSA) is 80.2 Å². The molecule has 8 nitrogen and oxygen atoms in total. The van der Waals surface area contributed by atoms with Crippen molar-refractivity contribution >= 4 is 16.9 Å². The fourth-order valence-corrected chi connectivity index (χ4v) is 6.42. The monoisotopic (exact) mass is 551 g/mol. The average Bonchev–Trinajstić information content (AvgIpc) is 3.25. The number of nitrogens with zero attached hydrogens (tertiary/aromatic N) is 5. The highest BCUT2D eigenvalue weighted by molar-refractivity contribution is 7.84. The summed E-state index contributed by atoms with van der Waals surface area (Å²) in [7, 11) is 4.72. The molecule has 1 N–H and O–H groups in total. The van der Waals surface area contributed by atoms with Gasteiger partial charge in [0.05, 0.1) is 23.0 Å². The second-order valence-electron chi connectivity index (χ2n) is 11.6. The van der Waals surface area contributed by atoms with E-state index in [1.54, 1.807) is 0 Å². The summed E-state index contributed by atoms with van der Waals surface area (Å²) in [5.74, 6) is 6.34. The van der Waals surface area contributed by atoms with Crippen molar-refractivity contribution in [3.05, 3.63) is 52.7 Å². The Balaban J connectivity index is 1.83. The first-order chi connectivity index (χ1) is 18.5. The van der Waals surface area contributed by atoms with E-state index in [2.05, 4.69) is 23.8 Å². The minimum atomic E-state index is -1.31. The van der Waals surface area contributed by atoms with E-state index in [-0.39, 0.29) is 18.6 Å². The van der Waals surface area contributed by atoms with Crippen LogP contribution in [-0.2, 0) is 17.5 Å². The van der Waals surface area contributed by atoms with Crippen LogP contribution in [-0.4, -0.2) is 104 Å². The smallest absolute Gasteiger partial charge is 0.272 e. The maximum Gasteiger partial charge on any atom is 0.272 e. The van der Waals surface area contributed by atoms with E-state index in [0.29, 0.717) is 44.0 Å². The highest BCUT2D eigenvalue weighted by Crippen LogP contribution is 2.44. The number of hydrogen-bond donors (Lipinski definition) is 1. The molecule has 210 valence electrons. The van der Waals surface area contributed by atoms with Crippen molar-refractivity contribution in [2.45, 2.75) is 44.5 Å². The fraction of sp³-hybridized carbons (Fsp3) is 0.533. The van der Waals surface area contributed by atoms with Gasteiger partial charge >= 0.3 is 0 Å². The van der Waals surface area contributed by atoms with Gasteiger partial charge in [-0.1, -0.05) is 24.0 Å². The number of piperazine rings is 1. The Morgan fingerprint density at radius 2 is 1.90 bits per heavy atom. The Kier molecular flexibility index (Phi) is 9.25. The summed E-state index contributed by atoms with van der Waals surface area (Å²) in [5.41, 5.74) is 4.72. The maximum atomic E-state index is 13.6. The molecule has 0 spiro atoms. The highest BCUT2D eigenvalue weighted by atomic mass is 32.2. The zero-order valence-electron chi connectivity index (χ0n) is 24.0. The van der Waals surface area contributed by atoms with E-state index < -0.39 is 15.7 Å². The van der Waals surface area contributed by atoms with Crippen LogP contribution in [0.25, 0.3) is 11.3 Å². The van der Waals surface area contributed by atoms with E-state index in [1.165, 1.54) is 0 Å². The van der Waals surface area contributed by atoms with Gasteiger partial charge in [-0.15, -0.1) is 0 Å². The number of rotatable bonds is 6. The fourth-order valence-electron chi connectivity index (χ4n) is 5.01. The molecular formula is C30H41N5O3S. The molecule has 1 aromatic carbocycles. The summed E-state index contributed by atoms with van der Waals surface area (Å²) in [6.45, 7) is 9.89. The van der Waals surface area contributed by atoms with Crippen molar-refractivity contribution in [3.63, 3.8) is 0 Å². The first-order valence-electron chi connectivity index (χ1n) is 13.5. The van der Waals surface area contributed by atoms with Crippen LogP contribution in [0.4, 0.5) is 0 Å². The van der Waals surface area contributed by atoms with Crippen LogP contribution < -0.4 is 0 Å². The normalized spacial score (nSPS) is 19.1. The van der Waals surface area contributed by atoms with Crippen LogP contribution in [0.5, 0.6) is 0 Å². The minimum absolute atomic E-state index is 0.0422. The number of fused-ring (bicyclic) bond motifs is 1. The van der Waals surface area contributed by atoms with Crippen molar-refractivity contribution in [1.82, 2.24) is 24.0 Å². The maximum absolute atomic E-state index is 13.6. The van der Waals surface area contributed by atoms with E-state index in [0.717, 1.165) is 35.3 Å². The molecule has 4 rings (SSSR count). The van der Waals surface area contributed by atoms with Gasteiger partial charge in [-0.05, 0) is 72.1 Å². The van der Waals surface area contributed by atoms with Crippen LogP contribution in [0.15, 0.2) is 30.3 Å². The van der Waals surface area contributed by atoms with Crippen LogP contribution in [0, 0.1) is 11.8 Å². The molecule has 9 heteroatoms. The number of aliphatic hydroxyl groups excluding tert-OH is 1. The second kappa shape index (κ2) is 12.3. The molecule has 1 fully saturated rings. The number of pyridine rings is 1. The van der Waals surface area contributed by atoms with Crippen molar-refractivity contribution in [3.8, 4) is 23.1 Å². The summed E-state index contributed by atoms with van der Waals surface area (Å²) >= 11 is 0. The van der Waals surface area contributed by atoms with Crippen LogP contribution in [0.2, 0.25) is 0 Å². The van der Waals surface area contributed by atoms with Crippen molar-refractivity contribution < 1.29 is 14.1 Å². The predicted octanol–water partition coefficient (Wildman–Crippen LogP) is 2.75. The number of carbonyl (C=O) groups excluding carboxylic acids is 1. The molecule has 0 bridgehead atoms. The Morgan fingerprint density at radius 3 is 2.54 bits per heavy atom. The highest BCUT2D eigenvalue weighted by Gasteiger charge is 2.40. The van der Waals surface area contributed by atoms with E-state index in [9.17, 15) is 14.1 Å². The number of likely N-dealkylation sites (N-methyl/N-ethyl adjacent to an activating group) is 1. The average molecular weight is 552 g/mol. The summed E-state index contributed by atoms with van der Waals surface area (Å²) < 4.78 is 15.1. The molecular weight excluding hydrogens is 510 g/mol. The number of carbonyl (C=O) groups is 1. The van der Waals surface area contributed by atoms with E-state index in [1.807, 2.05) is 79.3 Å². The third-order valence-electron chi connectivity index (χ3n) is 7.06. The number of aliphatic hydroxyl groups is 1. The lowest BCUT2D eigenvalue weighted by Gasteiger charge is -2.32. The lowest BCUT2D eigenvalue weighted by atomic mass is 9.95. The van der Waals surface area contributed by atoms with Crippen LogP contribution in [0.3, 0.4) is 0 Å². The predicted molar refractivity (Wildman–Crippen MR) is 156 cm³/mol. The standard InChI is InChI=1S/C30H41N5O3S/c1-30(2,3)39(38)35-21-24-20-25(29(37)34-16-14-33(6)15-17-34)31-28(27(24)26(35)12-18-36)23-11-7-9-22(19-23)10-8-13-32(4)5/h7,9,11,19-20,26,36H,12-18,21H2,1-6H3/t26-,39?/m1/s1. The summed E-state index contributed by atoms with van der Waals surface area (Å²) in [6.07, 6.45) is 0.428. The molecule has 1 saturated heterocycles. The molecule has 2 aromatic rings. The first kappa shape index (κ1) is 29.4. The van der Waals surface area contributed by atoms with Crippen LogP contribution >= 0.6 is 0 Å². The number of amides is 1. The zero-order valence-corrected chi connectivity index (χ0v) is 24.8. The largest absolute Gasteiger partial charge is 0.396 e. The van der Waals surface area contributed by atoms with Gasteiger partial charge in [0.2, 0.25) is 0 Å². The molecule has 0 saturated carbocycles. The Hall–Kier alpha value is -2.61. The van der Waals surface area contributed by atoms with Gasteiger partial charge in [0.1, 0.15) is 16.7 Å². The lowest BCUT2D eigenvalue weighted by molar-refractivity contribution is 0.0658. The van der Waals surface area contributed by atoms with E-state index in [4.69, 9.17) is 4.98 Å². The second-order valence-corrected chi connectivity index (χ2v) is 13.8. The quantitative estimate of drug-likeness (QED) is 0.557. The molecule has 2 aliphatic rings. The molecule has 1 unspecified atom stereocenters. The summed E-state index contributed by atoms with van der Waals surface area (Å²) in [6, 6.07) is 9.53. The van der Waals surface area contributed by atoms with Crippen molar-refractivity contribution in [2.24, 2.45) is 0 Å². The van der Waals surface area contributed by atoms with Gasteiger partial charge in [0, 0.05) is 56.0 Å². The van der Waals surface area contributed by atoms with Gasteiger partial charge < -0.3 is 14.9 Å². The molecule has 2 aliphatic heterocycles. The number of aromatic nitrogens is 1. The number of benzene rings is 1. The summed E-state index contributed by atoms with van der Waals surface area (Å²) in [4.78, 5) is 24.7. The first-order valence-corrected chi connectivity index (χ1v) is 14.7. The van der Waals surface area contributed by atoms with Gasteiger partial charge in [0.25, 0.3) is 5.91 Å². The summed E-state index contributed by atoms with van der Waals surface area (Å²) in [5, 5.41) is 10.0. The minimum Gasteiger partial charge on any atom is -0.396 e. The third-order valence-corrected chi connectivity index (χ3v) is 8.92. The molecule has 39 heavy (non-hydrogen) atoms. The molecule has 1 amide bonds. The number of hydrogen-bond acceptors (Lipinski definition) is 6.